The van der Waals surface area contributed by atoms with Crippen molar-refractivity contribution in [3.8, 4) is 0 Å². The van der Waals surface area contributed by atoms with E-state index >= 15 is 0 Å². The number of nitrogens with one attached hydrogen (secondary N) is 1. The zero-order valence-electron chi connectivity index (χ0n) is 11.4. The highest BCUT2D eigenvalue weighted by molar-refractivity contribution is 8.00. The Hall–Kier alpha value is -1.21. The van der Waals surface area contributed by atoms with Crippen LogP contribution in [0.25, 0.3) is 0 Å². The quantitative estimate of drug-likeness (QED) is 0.613. The number of hydrogen-bond acceptors (Lipinski definition) is 5. The van der Waals surface area contributed by atoms with Crippen LogP contribution < -0.4 is 5.32 Å². The number of methoxy groups -OCH3 is 1. The van der Waals surface area contributed by atoms with Gasteiger partial charge in [-0.3, -0.25) is 4.79 Å². The van der Waals surface area contributed by atoms with Crippen molar-refractivity contribution in [2.75, 3.05) is 18.2 Å². The SMILES string of the molecule is COC(=O)c1sccc1NC(=O)CSc1c(Cl)cccc1Cl. The predicted molar refractivity (Wildman–Crippen MR) is 91.5 cm³/mol. The third-order valence-electron chi connectivity index (χ3n) is 2.58. The zero-order valence-corrected chi connectivity index (χ0v) is 14.5. The Morgan fingerprint density at radius 1 is 1.27 bits per heavy atom. The summed E-state index contributed by atoms with van der Waals surface area (Å²) in [5.74, 6) is -0.614. The third kappa shape index (κ3) is 4.16. The Morgan fingerprint density at radius 2 is 1.95 bits per heavy atom. The number of ether oxygens (including phenoxy) is 1. The summed E-state index contributed by atoms with van der Waals surface area (Å²) < 4.78 is 4.66. The van der Waals surface area contributed by atoms with Gasteiger partial charge in [0, 0.05) is 4.90 Å². The minimum atomic E-state index is -0.480. The number of esters is 1. The second-order valence-corrected chi connectivity index (χ2v) is 6.76. The molecule has 0 aliphatic rings. The molecule has 0 spiro atoms. The first kappa shape index (κ1) is 17.1. The minimum Gasteiger partial charge on any atom is -0.465 e. The molecule has 1 aromatic carbocycles. The van der Waals surface area contributed by atoms with Crippen LogP contribution >= 0.6 is 46.3 Å². The maximum Gasteiger partial charge on any atom is 0.350 e. The summed E-state index contributed by atoms with van der Waals surface area (Å²) in [5, 5.41) is 5.38. The van der Waals surface area contributed by atoms with Crippen molar-refractivity contribution < 1.29 is 14.3 Å². The van der Waals surface area contributed by atoms with Gasteiger partial charge in [-0.15, -0.1) is 23.1 Å². The largest absolute Gasteiger partial charge is 0.465 e. The first-order valence-electron chi connectivity index (χ1n) is 6.05. The van der Waals surface area contributed by atoms with Gasteiger partial charge in [0.1, 0.15) is 4.88 Å². The van der Waals surface area contributed by atoms with Crippen molar-refractivity contribution in [1.82, 2.24) is 0 Å². The summed E-state index contributed by atoms with van der Waals surface area (Å²) in [6.07, 6.45) is 0. The molecule has 2 rings (SSSR count). The molecule has 0 bridgehead atoms. The van der Waals surface area contributed by atoms with Gasteiger partial charge in [0.25, 0.3) is 0 Å². The van der Waals surface area contributed by atoms with Crippen LogP contribution in [0.2, 0.25) is 10.0 Å². The maximum absolute atomic E-state index is 12.0. The maximum atomic E-state index is 12.0. The molecular formula is C14H11Cl2NO3S2. The molecule has 0 saturated carbocycles. The van der Waals surface area contributed by atoms with E-state index in [0.29, 0.717) is 25.5 Å². The molecule has 0 fully saturated rings. The molecule has 116 valence electrons. The summed E-state index contributed by atoms with van der Waals surface area (Å²) in [5.41, 5.74) is 0.438. The number of amides is 1. The molecule has 1 heterocycles. The number of carbonyl (C=O) groups is 2. The molecule has 0 unspecified atom stereocenters. The fourth-order valence-electron chi connectivity index (χ4n) is 1.60. The number of halogens is 2. The monoisotopic (exact) mass is 375 g/mol. The molecule has 0 aliphatic carbocycles. The summed E-state index contributed by atoms with van der Waals surface area (Å²) in [6.45, 7) is 0. The van der Waals surface area contributed by atoms with E-state index in [1.54, 1.807) is 29.6 Å². The first-order chi connectivity index (χ1) is 10.5. The second-order valence-electron chi connectivity index (χ2n) is 4.04. The van der Waals surface area contributed by atoms with Crippen molar-refractivity contribution in [2.45, 2.75) is 4.90 Å². The van der Waals surface area contributed by atoms with Gasteiger partial charge >= 0.3 is 5.97 Å². The molecule has 0 atom stereocenters. The van der Waals surface area contributed by atoms with E-state index in [-0.39, 0.29) is 11.7 Å². The van der Waals surface area contributed by atoms with Crippen molar-refractivity contribution >= 4 is 63.9 Å². The number of anilines is 1. The number of rotatable bonds is 5. The van der Waals surface area contributed by atoms with Crippen LogP contribution in [0.5, 0.6) is 0 Å². The standard InChI is InChI=1S/C14H11Cl2NO3S2/c1-20-14(19)13-10(5-6-21-13)17-11(18)7-22-12-8(15)3-2-4-9(12)16/h2-6H,7H2,1H3,(H,17,18). The fourth-order valence-corrected chi connectivity index (χ4v) is 3.85. The van der Waals surface area contributed by atoms with E-state index in [4.69, 9.17) is 23.2 Å². The van der Waals surface area contributed by atoms with Gasteiger partial charge in [0.15, 0.2) is 0 Å². The van der Waals surface area contributed by atoms with Gasteiger partial charge in [-0.25, -0.2) is 4.79 Å². The molecule has 22 heavy (non-hydrogen) atoms. The van der Waals surface area contributed by atoms with Crippen molar-refractivity contribution in [3.63, 3.8) is 0 Å². The lowest BCUT2D eigenvalue weighted by molar-refractivity contribution is -0.113. The van der Waals surface area contributed by atoms with Crippen LogP contribution in [0.1, 0.15) is 9.67 Å². The Labute approximate surface area is 145 Å². The Balaban J connectivity index is 2.00. The van der Waals surface area contributed by atoms with Gasteiger partial charge in [0.05, 0.1) is 28.6 Å². The lowest BCUT2D eigenvalue weighted by atomic mass is 10.4. The van der Waals surface area contributed by atoms with Crippen molar-refractivity contribution in [3.05, 3.63) is 44.6 Å². The third-order valence-corrected chi connectivity index (χ3v) is 5.46. The highest BCUT2D eigenvalue weighted by Crippen LogP contribution is 2.34. The van der Waals surface area contributed by atoms with Crippen LogP contribution in [0, 0.1) is 0 Å². The lowest BCUT2D eigenvalue weighted by Gasteiger charge is -2.07. The van der Waals surface area contributed by atoms with Crippen LogP contribution in [-0.4, -0.2) is 24.7 Å². The lowest BCUT2D eigenvalue weighted by Crippen LogP contribution is -2.15. The van der Waals surface area contributed by atoms with Crippen molar-refractivity contribution in [1.29, 1.82) is 0 Å². The van der Waals surface area contributed by atoms with Crippen LogP contribution in [0.15, 0.2) is 34.5 Å². The highest BCUT2D eigenvalue weighted by atomic mass is 35.5. The number of thiophene rings is 1. The number of benzene rings is 1. The van der Waals surface area contributed by atoms with E-state index in [0.717, 1.165) is 0 Å². The molecule has 1 amide bonds. The number of carbonyl (C=O) groups excluding carboxylic acids is 2. The summed E-state index contributed by atoms with van der Waals surface area (Å²) in [7, 11) is 1.29. The molecule has 0 aliphatic heterocycles. The molecule has 0 radical (unpaired) electrons. The highest BCUT2D eigenvalue weighted by Gasteiger charge is 2.16. The fraction of sp³-hybridized carbons (Fsp3) is 0.143. The van der Waals surface area contributed by atoms with E-state index in [9.17, 15) is 9.59 Å². The average molecular weight is 376 g/mol. The van der Waals surface area contributed by atoms with Gasteiger partial charge in [0.2, 0.25) is 5.91 Å². The minimum absolute atomic E-state index is 0.125. The number of thioether (sulfide) groups is 1. The Kier molecular flexibility index (Phi) is 6.14. The van der Waals surface area contributed by atoms with Gasteiger partial charge < -0.3 is 10.1 Å². The van der Waals surface area contributed by atoms with E-state index in [2.05, 4.69) is 10.1 Å². The molecule has 0 saturated heterocycles. The average Bonchev–Trinajstić information content (AvgIpc) is 2.94. The van der Waals surface area contributed by atoms with E-state index in [1.165, 1.54) is 30.2 Å². The van der Waals surface area contributed by atoms with Crippen LogP contribution in [-0.2, 0) is 9.53 Å². The summed E-state index contributed by atoms with van der Waals surface area (Å²) in [6, 6.07) is 6.81. The van der Waals surface area contributed by atoms with Crippen molar-refractivity contribution in [2.24, 2.45) is 0 Å². The van der Waals surface area contributed by atoms with Crippen LogP contribution in [0.3, 0.4) is 0 Å². The molecule has 4 nitrogen and oxygen atoms in total. The molecular weight excluding hydrogens is 365 g/mol. The van der Waals surface area contributed by atoms with Gasteiger partial charge in [-0.2, -0.15) is 0 Å². The number of hydrogen-bond donors (Lipinski definition) is 1. The summed E-state index contributed by atoms with van der Waals surface area (Å²) in [4.78, 5) is 24.6. The molecule has 2 aromatic rings. The molecule has 1 aromatic heterocycles. The topological polar surface area (TPSA) is 55.4 Å². The normalized spacial score (nSPS) is 10.3. The van der Waals surface area contributed by atoms with E-state index < -0.39 is 5.97 Å². The van der Waals surface area contributed by atoms with Gasteiger partial charge in [-0.1, -0.05) is 29.3 Å². The molecule has 1 N–H and O–H groups in total. The van der Waals surface area contributed by atoms with Gasteiger partial charge in [-0.05, 0) is 23.6 Å². The Morgan fingerprint density at radius 3 is 2.59 bits per heavy atom. The first-order valence-corrected chi connectivity index (χ1v) is 8.67. The van der Waals surface area contributed by atoms with E-state index in [1.807, 2.05) is 0 Å². The molecule has 8 heteroatoms. The summed E-state index contributed by atoms with van der Waals surface area (Å²) >= 11 is 14.5. The second kappa shape index (κ2) is 7.87. The smallest absolute Gasteiger partial charge is 0.350 e. The van der Waals surface area contributed by atoms with Crippen LogP contribution in [0.4, 0.5) is 5.69 Å². The Bertz CT molecular complexity index is 683. The zero-order chi connectivity index (χ0) is 16.1. The predicted octanol–water partition coefficient (Wildman–Crippen LogP) is 4.57.